The number of ether oxygens (including phenoxy) is 1. The first-order chi connectivity index (χ1) is 14.6. The normalized spacial score (nSPS) is 18.6. The Morgan fingerprint density at radius 3 is 3.00 bits per heavy atom. The lowest BCUT2D eigenvalue weighted by Crippen LogP contribution is -2.28. The van der Waals surface area contributed by atoms with Crippen LogP contribution >= 0.6 is 11.3 Å². The molecular weight excluding hydrogens is 404 g/mol. The third-order valence-corrected chi connectivity index (χ3v) is 6.26. The zero-order chi connectivity index (χ0) is 20.7. The molecule has 0 bridgehead atoms. The molecule has 154 valence electrons. The van der Waals surface area contributed by atoms with Gasteiger partial charge >= 0.3 is 0 Å². The molecule has 2 aromatic heterocycles. The predicted molar refractivity (Wildman–Crippen MR) is 112 cm³/mol. The lowest BCUT2D eigenvalue weighted by molar-refractivity contribution is -0.122. The van der Waals surface area contributed by atoms with Gasteiger partial charge in [0.2, 0.25) is 11.8 Å². The number of amides is 2. The fourth-order valence-electron chi connectivity index (χ4n) is 3.55. The minimum Gasteiger partial charge on any atom is -0.497 e. The Morgan fingerprint density at radius 2 is 2.20 bits per heavy atom. The predicted octanol–water partition coefficient (Wildman–Crippen LogP) is 3.68. The summed E-state index contributed by atoms with van der Waals surface area (Å²) in [7, 11) is 1.58. The average molecular weight is 424 g/mol. The Labute approximate surface area is 176 Å². The van der Waals surface area contributed by atoms with Crippen LogP contribution in [0.15, 0.2) is 40.2 Å². The number of aromatic nitrogens is 2. The second-order valence-corrected chi connectivity index (χ2v) is 8.41. The van der Waals surface area contributed by atoms with Crippen LogP contribution in [-0.4, -0.2) is 35.6 Å². The minimum atomic E-state index is -0.443. The van der Waals surface area contributed by atoms with Crippen molar-refractivity contribution in [2.45, 2.75) is 25.2 Å². The van der Waals surface area contributed by atoms with Crippen molar-refractivity contribution in [2.24, 2.45) is 5.92 Å². The zero-order valence-electron chi connectivity index (χ0n) is 16.3. The molecule has 3 aromatic rings. The van der Waals surface area contributed by atoms with Crippen LogP contribution in [0.4, 0.5) is 11.4 Å². The van der Waals surface area contributed by atoms with E-state index >= 15 is 0 Å². The van der Waals surface area contributed by atoms with E-state index in [1.165, 1.54) is 11.3 Å². The Kier molecular flexibility index (Phi) is 4.74. The summed E-state index contributed by atoms with van der Waals surface area (Å²) < 4.78 is 10.6. The number of carbonyl (C=O) groups is 2. The molecule has 0 spiro atoms. The summed E-state index contributed by atoms with van der Waals surface area (Å²) in [6.07, 6.45) is 2.34. The SMILES string of the molecule is COc1cccc(N2C[C@H](C(=O)Nc3ccsc3-c3nc(C4CC4)no3)CC2=O)c1. The smallest absolute Gasteiger partial charge is 0.270 e. The average Bonchev–Trinajstić information content (AvgIpc) is 3.14. The van der Waals surface area contributed by atoms with E-state index < -0.39 is 5.92 Å². The van der Waals surface area contributed by atoms with Crippen LogP contribution in [-0.2, 0) is 9.59 Å². The second-order valence-electron chi connectivity index (χ2n) is 7.49. The van der Waals surface area contributed by atoms with Crippen LogP contribution in [0.5, 0.6) is 5.75 Å². The Balaban J connectivity index is 1.29. The quantitative estimate of drug-likeness (QED) is 0.648. The van der Waals surface area contributed by atoms with Gasteiger partial charge in [-0.25, -0.2) is 0 Å². The molecule has 0 unspecified atom stereocenters. The van der Waals surface area contributed by atoms with Crippen LogP contribution < -0.4 is 15.0 Å². The number of carbonyl (C=O) groups excluding carboxylic acids is 2. The molecule has 2 fully saturated rings. The summed E-state index contributed by atoms with van der Waals surface area (Å²) in [5, 5.41) is 8.86. The van der Waals surface area contributed by atoms with Crippen molar-refractivity contribution in [1.29, 1.82) is 0 Å². The summed E-state index contributed by atoms with van der Waals surface area (Å²) in [6, 6.07) is 9.09. The van der Waals surface area contributed by atoms with Gasteiger partial charge in [0, 0.05) is 30.6 Å². The third kappa shape index (κ3) is 3.56. The molecule has 2 aliphatic rings. The van der Waals surface area contributed by atoms with Crippen molar-refractivity contribution in [3.05, 3.63) is 41.5 Å². The van der Waals surface area contributed by atoms with Crippen LogP contribution in [0.2, 0.25) is 0 Å². The summed E-state index contributed by atoms with van der Waals surface area (Å²) in [6.45, 7) is 0.323. The summed E-state index contributed by atoms with van der Waals surface area (Å²) >= 11 is 1.43. The van der Waals surface area contributed by atoms with E-state index in [1.807, 2.05) is 29.6 Å². The second kappa shape index (κ2) is 7.56. The summed E-state index contributed by atoms with van der Waals surface area (Å²) in [5.41, 5.74) is 1.35. The van der Waals surface area contributed by atoms with E-state index in [2.05, 4.69) is 15.5 Å². The third-order valence-electron chi connectivity index (χ3n) is 5.36. The van der Waals surface area contributed by atoms with Gasteiger partial charge in [0.1, 0.15) is 10.6 Å². The number of benzene rings is 1. The number of nitrogens with zero attached hydrogens (tertiary/aromatic N) is 3. The van der Waals surface area contributed by atoms with Crippen molar-refractivity contribution in [3.8, 4) is 16.5 Å². The number of anilines is 2. The maximum Gasteiger partial charge on any atom is 0.270 e. The Morgan fingerprint density at radius 1 is 1.33 bits per heavy atom. The molecule has 0 radical (unpaired) electrons. The fraction of sp³-hybridized carbons (Fsp3) is 0.333. The molecule has 1 saturated heterocycles. The molecule has 3 heterocycles. The van der Waals surface area contributed by atoms with E-state index in [1.54, 1.807) is 18.1 Å². The topological polar surface area (TPSA) is 97.6 Å². The van der Waals surface area contributed by atoms with Gasteiger partial charge in [-0.1, -0.05) is 11.2 Å². The number of rotatable bonds is 6. The standard InChI is InChI=1S/C21H20N4O4S/c1-28-15-4-2-3-14(10-15)25-11-13(9-17(25)26)20(27)22-16-7-8-30-18(16)21-23-19(24-29-21)12-5-6-12/h2-4,7-8,10,12-13H,5-6,9,11H2,1H3,(H,22,27)/t13-/m1/s1. The van der Waals surface area contributed by atoms with Crippen LogP contribution in [0.25, 0.3) is 10.8 Å². The lowest BCUT2D eigenvalue weighted by Gasteiger charge is -2.17. The highest BCUT2D eigenvalue weighted by molar-refractivity contribution is 7.14. The van der Waals surface area contributed by atoms with Gasteiger partial charge in [-0.3, -0.25) is 9.59 Å². The van der Waals surface area contributed by atoms with Gasteiger partial charge in [0.05, 0.1) is 18.7 Å². The van der Waals surface area contributed by atoms with Crippen molar-refractivity contribution in [3.63, 3.8) is 0 Å². The van der Waals surface area contributed by atoms with E-state index in [4.69, 9.17) is 9.26 Å². The molecule has 1 aromatic carbocycles. The lowest BCUT2D eigenvalue weighted by atomic mass is 10.1. The zero-order valence-corrected chi connectivity index (χ0v) is 17.1. The Bertz CT molecular complexity index is 1100. The van der Waals surface area contributed by atoms with E-state index in [9.17, 15) is 9.59 Å². The monoisotopic (exact) mass is 424 g/mol. The van der Waals surface area contributed by atoms with Gasteiger partial charge in [-0.15, -0.1) is 11.3 Å². The number of hydrogen-bond donors (Lipinski definition) is 1. The van der Waals surface area contributed by atoms with E-state index in [-0.39, 0.29) is 18.2 Å². The first-order valence-corrected chi connectivity index (χ1v) is 10.7. The number of nitrogens with one attached hydrogen (secondary N) is 1. The largest absolute Gasteiger partial charge is 0.497 e. The highest BCUT2D eigenvalue weighted by Crippen LogP contribution is 2.40. The molecule has 1 atom stereocenters. The van der Waals surface area contributed by atoms with Crippen molar-refractivity contribution in [1.82, 2.24) is 10.1 Å². The highest BCUT2D eigenvalue weighted by atomic mass is 32.1. The molecule has 1 aliphatic carbocycles. The molecule has 5 rings (SSSR count). The fourth-order valence-corrected chi connectivity index (χ4v) is 4.32. The molecule has 30 heavy (non-hydrogen) atoms. The maximum absolute atomic E-state index is 12.9. The number of hydrogen-bond acceptors (Lipinski definition) is 7. The van der Waals surface area contributed by atoms with Gasteiger partial charge in [0.15, 0.2) is 5.82 Å². The maximum atomic E-state index is 12.9. The first kappa shape index (κ1) is 18.8. The molecule has 1 saturated carbocycles. The van der Waals surface area contributed by atoms with Crippen molar-refractivity contribution in [2.75, 3.05) is 23.9 Å². The van der Waals surface area contributed by atoms with E-state index in [0.29, 0.717) is 29.8 Å². The van der Waals surface area contributed by atoms with Crippen molar-refractivity contribution < 1.29 is 18.8 Å². The number of thiophene rings is 1. The van der Waals surface area contributed by atoms with E-state index in [0.717, 1.165) is 29.2 Å². The molecule has 8 nitrogen and oxygen atoms in total. The Hall–Kier alpha value is -3.20. The summed E-state index contributed by atoms with van der Waals surface area (Å²) in [4.78, 5) is 32.2. The van der Waals surface area contributed by atoms with Crippen LogP contribution in [0.3, 0.4) is 0 Å². The van der Waals surface area contributed by atoms with Gasteiger partial charge < -0.3 is 19.5 Å². The van der Waals surface area contributed by atoms with Crippen LogP contribution in [0.1, 0.15) is 31.0 Å². The minimum absolute atomic E-state index is 0.0834. The molecule has 2 amide bonds. The van der Waals surface area contributed by atoms with Gasteiger partial charge in [0.25, 0.3) is 5.89 Å². The van der Waals surface area contributed by atoms with Crippen molar-refractivity contribution >= 4 is 34.5 Å². The van der Waals surface area contributed by atoms with Crippen LogP contribution in [0, 0.1) is 5.92 Å². The van der Waals surface area contributed by atoms with Gasteiger partial charge in [-0.05, 0) is 36.4 Å². The number of methoxy groups -OCH3 is 1. The van der Waals surface area contributed by atoms with Gasteiger partial charge in [-0.2, -0.15) is 4.98 Å². The highest BCUT2D eigenvalue weighted by Gasteiger charge is 2.36. The molecule has 1 aliphatic heterocycles. The summed E-state index contributed by atoms with van der Waals surface area (Å²) in [5.74, 6) is 1.49. The molecule has 9 heteroatoms. The molecular formula is C21H20N4O4S. The molecule has 1 N–H and O–H groups in total. The first-order valence-electron chi connectivity index (χ1n) is 9.79.